The fourth-order valence-corrected chi connectivity index (χ4v) is 4.86. The Kier molecular flexibility index (Phi) is 24.3. The Morgan fingerprint density at radius 2 is 0.893 bits per heavy atom. The molecule has 0 aliphatic carbocycles. The van der Waals surface area contributed by atoms with Crippen molar-refractivity contribution < 1.29 is 53.2 Å². The van der Waals surface area contributed by atoms with Crippen molar-refractivity contribution in [3.05, 3.63) is 140 Å². The number of hydrogen-bond donors (Lipinski definition) is 3. The van der Waals surface area contributed by atoms with Gasteiger partial charge in [-0.15, -0.1) is 0 Å². The summed E-state index contributed by atoms with van der Waals surface area (Å²) in [4.78, 5) is 105. The number of ether oxygens (including phenoxy) is 3. The number of nitro groups is 5. The molecule has 0 unspecified atom stereocenters. The second-order valence-electron chi connectivity index (χ2n) is 17.3. The molecule has 0 aromatic carbocycles. The first-order valence-corrected chi connectivity index (χ1v) is 22.0. The maximum Gasteiger partial charge on any atom is 0.417 e. The van der Waals surface area contributed by atoms with Gasteiger partial charge in [-0.2, -0.15) is 0 Å². The van der Waals surface area contributed by atoms with Crippen LogP contribution in [0.3, 0.4) is 0 Å². The average molecular weight is 1120 g/mol. The highest BCUT2D eigenvalue weighted by molar-refractivity contribution is 9.10. The van der Waals surface area contributed by atoms with Crippen LogP contribution in [-0.2, 0) is 14.2 Å². The van der Waals surface area contributed by atoms with Crippen molar-refractivity contribution >= 4 is 92.4 Å². The molecule has 32 heteroatoms. The van der Waals surface area contributed by atoms with Crippen molar-refractivity contribution in [3.8, 4) is 0 Å². The first-order valence-electron chi connectivity index (χ1n) is 21.2. The molecule has 3 amide bonds. The standard InChI is InChI=1S/C11H14BrN3O4.C11H15N3O4.C10H13N3O4.C6H7N3O2.C5H5N3O2/c1-11(2,3)19-10(16)14(4)8-6-5-7(12)9(13-8)15(17)18;1-11(2,3)18-10(15)13(4)8-6-5-7-9(12-8)14(16)17;1-10(2,3)17-9(14)12-7-5-4-6-8(11-7)13(15)16;1-7-5-3-2-4-6(8-5)9(10)11;6-4-2-1-3-5(7-4)8(9)10/h5-6H,1-4H3;5-7H,1-4H3;4-6H,1-3H3,(H,11,12,14);2-4H,1H3,(H,7,8);1-3H,(H2,6,7). The number of amides is 3. The van der Waals surface area contributed by atoms with Crippen molar-refractivity contribution in [1.82, 2.24) is 24.9 Å². The Bertz CT molecular complexity index is 2820. The van der Waals surface area contributed by atoms with E-state index in [-0.39, 0.29) is 56.8 Å². The number of halogens is 1. The number of carbonyl (C=O) groups excluding carboxylic acids is 3. The molecule has 0 radical (unpaired) electrons. The zero-order valence-corrected chi connectivity index (χ0v) is 44.0. The van der Waals surface area contributed by atoms with Crippen LogP contribution in [0.1, 0.15) is 62.3 Å². The molecule has 0 aliphatic rings. The number of nitrogens with one attached hydrogen (secondary N) is 2. The van der Waals surface area contributed by atoms with Gasteiger partial charge in [-0.05, 0) is 158 Å². The van der Waals surface area contributed by atoms with E-state index in [4.69, 9.17) is 19.9 Å². The maximum absolute atomic E-state index is 11.8. The predicted octanol–water partition coefficient (Wildman–Crippen LogP) is 9.43. The first-order chi connectivity index (χ1) is 34.5. The smallest absolute Gasteiger partial charge is 0.417 e. The van der Waals surface area contributed by atoms with Gasteiger partial charge in [-0.1, -0.05) is 0 Å². The summed E-state index contributed by atoms with van der Waals surface area (Å²) in [6, 6.07) is 20.1. The lowest BCUT2D eigenvalue weighted by molar-refractivity contribution is -0.390. The maximum atomic E-state index is 11.8. The molecule has 404 valence electrons. The van der Waals surface area contributed by atoms with Crippen LogP contribution in [0.4, 0.5) is 72.6 Å². The Morgan fingerprint density at radius 3 is 1.28 bits per heavy atom. The molecule has 4 N–H and O–H groups in total. The first kappa shape index (κ1) is 63.7. The number of aromatic nitrogens is 5. The van der Waals surface area contributed by atoms with E-state index in [9.17, 15) is 65.0 Å². The summed E-state index contributed by atoms with van der Waals surface area (Å²) in [5.74, 6) is -0.323. The number of nitrogens with zero attached hydrogens (tertiary/aromatic N) is 12. The molecular weight excluding hydrogens is 1060 g/mol. The predicted molar refractivity (Wildman–Crippen MR) is 275 cm³/mol. The van der Waals surface area contributed by atoms with Crippen LogP contribution in [0.15, 0.2) is 89.4 Å². The molecule has 0 spiro atoms. The third kappa shape index (κ3) is 25.0. The zero-order valence-electron chi connectivity index (χ0n) is 42.4. The summed E-state index contributed by atoms with van der Waals surface area (Å²) in [6.45, 7) is 15.6. The molecule has 5 heterocycles. The lowest BCUT2D eigenvalue weighted by Gasteiger charge is -2.22. The van der Waals surface area contributed by atoms with Crippen molar-refractivity contribution in [2.24, 2.45) is 0 Å². The van der Waals surface area contributed by atoms with Crippen LogP contribution in [-0.4, -0.2) is 106 Å². The molecule has 0 saturated heterocycles. The molecule has 75 heavy (non-hydrogen) atoms. The van der Waals surface area contributed by atoms with E-state index in [0.29, 0.717) is 5.82 Å². The molecule has 0 aliphatic heterocycles. The summed E-state index contributed by atoms with van der Waals surface area (Å²) in [5.41, 5.74) is 3.27. The van der Waals surface area contributed by atoms with Gasteiger partial charge in [0.25, 0.3) is 17.5 Å². The van der Waals surface area contributed by atoms with Gasteiger partial charge in [0, 0.05) is 75.7 Å². The summed E-state index contributed by atoms with van der Waals surface area (Å²) >= 11 is 3.03. The third-order valence-electron chi connectivity index (χ3n) is 7.59. The Hall–Kier alpha value is -9.36. The van der Waals surface area contributed by atoms with E-state index in [0.717, 1.165) is 9.80 Å². The van der Waals surface area contributed by atoms with Crippen molar-refractivity contribution in [2.45, 2.75) is 79.1 Å². The Labute approximate surface area is 435 Å². The molecule has 0 saturated carbocycles. The number of nitrogen functional groups attached to an aromatic ring is 1. The van der Waals surface area contributed by atoms with Crippen LogP contribution >= 0.6 is 15.9 Å². The third-order valence-corrected chi connectivity index (χ3v) is 8.20. The van der Waals surface area contributed by atoms with Gasteiger partial charge in [0.2, 0.25) is 11.6 Å². The second-order valence-corrected chi connectivity index (χ2v) is 18.1. The van der Waals surface area contributed by atoms with E-state index < -0.39 is 59.7 Å². The minimum Gasteiger partial charge on any atom is -0.444 e. The molecule has 5 aromatic rings. The lowest BCUT2D eigenvalue weighted by atomic mass is 10.2. The number of anilines is 5. The van der Waals surface area contributed by atoms with Gasteiger partial charge < -0.3 is 75.8 Å². The van der Waals surface area contributed by atoms with Gasteiger partial charge in [0.1, 0.15) is 21.3 Å². The van der Waals surface area contributed by atoms with Crippen LogP contribution in [0, 0.1) is 50.6 Å². The number of rotatable bonds is 9. The SMILES string of the molecule is CC(C)(C)OC(=O)Nc1cccc([N+](=O)[O-])n1.CN(C(=O)OC(C)(C)C)c1ccc(Br)c([N+](=O)[O-])n1.CN(C(=O)OC(C)(C)C)c1cccc([N+](=O)[O-])n1.CNc1cccc([N+](=O)[O-])n1.Nc1cccc([N+](=O)[O-])n1. The van der Waals surface area contributed by atoms with E-state index >= 15 is 0 Å². The van der Waals surface area contributed by atoms with Crippen LogP contribution in [0.2, 0.25) is 0 Å². The van der Waals surface area contributed by atoms with E-state index in [2.05, 4.69) is 51.5 Å². The largest absolute Gasteiger partial charge is 0.444 e. The molecule has 31 nitrogen and oxygen atoms in total. The Balaban J connectivity index is 0.000000478. The second kappa shape index (κ2) is 28.6. The van der Waals surface area contributed by atoms with E-state index in [1.807, 2.05) is 0 Å². The van der Waals surface area contributed by atoms with Crippen molar-refractivity contribution in [3.63, 3.8) is 0 Å². The fourth-order valence-electron chi connectivity index (χ4n) is 4.49. The summed E-state index contributed by atoms with van der Waals surface area (Å²) < 4.78 is 15.5. The quantitative estimate of drug-likeness (QED) is 0.0702. The topological polar surface area (TPSA) is 416 Å². The Morgan fingerprint density at radius 1 is 0.520 bits per heavy atom. The number of carbonyl (C=O) groups is 3. The van der Waals surface area contributed by atoms with Gasteiger partial charge in [0.15, 0.2) is 0 Å². The zero-order chi connectivity index (χ0) is 57.6. The van der Waals surface area contributed by atoms with E-state index in [1.165, 1.54) is 86.9 Å². The number of pyridine rings is 5. The lowest BCUT2D eigenvalue weighted by Crippen LogP contribution is -2.34. The summed E-state index contributed by atoms with van der Waals surface area (Å²) in [7, 11) is 4.54. The summed E-state index contributed by atoms with van der Waals surface area (Å²) in [6.07, 6.45) is -1.95. The normalized spacial score (nSPS) is 10.4. The minimum absolute atomic E-state index is 0.0773. The van der Waals surface area contributed by atoms with Gasteiger partial charge in [-0.3, -0.25) is 5.32 Å². The highest BCUT2D eigenvalue weighted by atomic mass is 79.9. The van der Waals surface area contributed by atoms with Crippen LogP contribution in [0.5, 0.6) is 0 Å². The number of hydrogen-bond acceptors (Lipinski definition) is 23. The van der Waals surface area contributed by atoms with Gasteiger partial charge >= 0.3 is 47.4 Å². The molecule has 0 atom stereocenters. The van der Waals surface area contributed by atoms with Gasteiger partial charge in [0.05, 0.1) is 0 Å². The molecule has 5 aromatic heterocycles. The van der Waals surface area contributed by atoms with Crippen LogP contribution in [0.25, 0.3) is 0 Å². The highest BCUT2D eigenvalue weighted by Crippen LogP contribution is 2.26. The van der Waals surface area contributed by atoms with Crippen molar-refractivity contribution in [2.75, 3.05) is 47.3 Å². The van der Waals surface area contributed by atoms with Crippen molar-refractivity contribution in [1.29, 1.82) is 0 Å². The highest BCUT2D eigenvalue weighted by Gasteiger charge is 2.27. The van der Waals surface area contributed by atoms with Crippen LogP contribution < -0.4 is 26.2 Å². The monoisotopic (exact) mass is 1120 g/mol. The molecule has 0 bridgehead atoms. The average Bonchev–Trinajstić information content (AvgIpc) is 3.30. The molecule has 5 rings (SSSR count). The molecule has 0 fully saturated rings. The minimum atomic E-state index is -0.703. The molecular formula is C43H54BrN15O16. The van der Waals surface area contributed by atoms with Gasteiger partial charge in [-0.25, -0.2) is 24.2 Å². The van der Waals surface area contributed by atoms with E-state index in [1.54, 1.807) is 81.5 Å². The fraction of sp³-hybridized carbons (Fsp3) is 0.349. The summed E-state index contributed by atoms with van der Waals surface area (Å²) in [5, 5.41) is 57.1. The number of nitrogens with two attached hydrogens (primary N) is 1.